The maximum absolute atomic E-state index is 11.6. The fraction of sp³-hybridized carbons (Fsp3) is 0.471. The minimum absolute atomic E-state index is 0.0833. The van der Waals surface area contributed by atoms with E-state index in [0.717, 1.165) is 11.3 Å². The van der Waals surface area contributed by atoms with Crippen molar-refractivity contribution in [3.05, 3.63) is 42.5 Å². The van der Waals surface area contributed by atoms with Gasteiger partial charge in [-0.05, 0) is 19.4 Å². The topological polar surface area (TPSA) is 79.8 Å². The first-order valence-electron chi connectivity index (χ1n) is 8.11. The van der Waals surface area contributed by atoms with Crippen LogP contribution in [0.25, 0.3) is 0 Å². The largest absolute Gasteiger partial charge is 0.489 e. The van der Waals surface area contributed by atoms with E-state index in [1.54, 1.807) is 6.08 Å². The molecule has 0 aliphatic carbocycles. The predicted octanol–water partition coefficient (Wildman–Crippen LogP) is 1.49. The van der Waals surface area contributed by atoms with Crippen molar-refractivity contribution in [1.29, 1.82) is 0 Å². The average Bonchev–Trinajstić information content (AvgIpc) is 2.90. The summed E-state index contributed by atoms with van der Waals surface area (Å²) in [5.41, 5.74) is 0.968. The standard InChI is InChI=1S/C17H25N3O3S/c1-3-10-23-16-8-6-5-7-14(16)12-19-17(18-4-2)20-15-9-11-24(21,22)13-15/h3,5-8,15H,1,4,9-13H2,2H3,(H2,18,19,20). The lowest BCUT2D eigenvalue weighted by Crippen LogP contribution is -2.44. The van der Waals surface area contributed by atoms with Crippen LogP contribution in [0.3, 0.4) is 0 Å². The second-order valence-corrected chi connectivity index (χ2v) is 7.88. The van der Waals surface area contributed by atoms with Gasteiger partial charge in [-0.2, -0.15) is 0 Å². The molecule has 1 fully saturated rings. The molecule has 1 aliphatic rings. The minimum Gasteiger partial charge on any atom is -0.489 e. The van der Waals surface area contributed by atoms with E-state index in [1.165, 1.54) is 0 Å². The first-order valence-corrected chi connectivity index (χ1v) is 9.93. The predicted molar refractivity (Wildman–Crippen MR) is 97.1 cm³/mol. The van der Waals surface area contributed by atoms with Crippen LogP contribution in [-0.2, 0) is 16.4 Å². The molecule has 1 saturated heterocycles. The molecule has 24 heavy (non-hydrogen) atoms. The van der Waals surface area contributed by atoms with Gasteiger partial charge in [0.2, 0.25) is 0 Å². The Bertz CT molecular complexity index is 686. The fourth-order valence-electron chi connectivity index (χ4n) is 2.51. The summed E-state index contributed by atoms with van der Waals surface area (Å²) in [4.78, 5) is 4.56. The summed E-state index contributed by atoms with van der Waals surface area (Å²) >= 11 is 0. The van der Waals surface area contributed by atoms with E-state index in [0.29, 0.717) is 32.1 Å². The summed E-state index contributed by atoms with van der Waals surface area (Å²) in [6.07, 6.45) is 2.32. The number of benzene rings is 1. The Morgan fingerprint density at radius 3 is 2.92 bits per heavy atom. The minimum atomic E-state index is -2.91. The highest BCUT2D eigenvalue weighted by Gasteiger charge is 2.28. The number of guanidine groups is 1. The van der Waals surface area contributed by atoms with Gasteiger partial charge in [0.25, 0.3) is 0 Å². The third-order valence-corrected chi connectivity index (χ3v) is 5.42. The summed E-state index contributed by atoms with van der Waals surface area (Å²) in [5, 5.41) is 6.36. The Labute approximate surface area is 143 Å². The lowest BCUT2D eigenvalue weighted by atomic mass is 10.2. The summed E-state index contributed by atoms with van der Waals surface area (Å²) in [6.45, 7) is 7.23. The molecular weight excluding hydrogens is 326 g/mol. The molecule has 1 unspecified atom stereocenters. The van der Waals surface area contributed by atoms with Crippen LogP contribution in [-0.4, -0.2) is 45.1 Å². The quantitative estimate of drug-likeness (QED) is 0.442. The van der Waals surface area contributed by atoms with Gasteiger partial charge in [0, 0.05) is 18.2 Å². The highest BCUT2D eigenvalue weighted by Crippen LogP contribution is 2.19. The zero-order chi connectivity index (χ0) is 17.4. The van der Waals surface area contributed by atoms with Crippen LogP contribution >= 0.6 is 0 Å². The molecule has 1 atom stereocenters. The van der Waals surface area contributed by atoms with Gasteiger partial charge < -0.3 is 15.4 Å². The maximum Gasteiger partial charge on any atom is 0.191 e. The number of nitrogens with zero attached hydrogens (tertiary/aromatic N) is 1. The second-order valence-electron chi connectivity index (χ2n) is 5.65. The fourth-order valence-corrected chi connectivity index (χ4v) is 4.18. The van der Waals surface area contributed by atoms with Gasteiger partial charge in [-0.3, -0.25) is 0 Å². The lowest BCUT2D eigenvalue weighted by molar-refractivity contribution is 0.359. The molecule has 0 saturated carbocycles. The van der Waals surface area contributed by atoms with E-state index in [2.05, 4.69) is 22.2 Å². The smallest absolute Gasteiger partial charge is 0.191 e. The Hall–Kier alpha value is -2.02. The van der Waals surface area contributed by atoms with Gasteiger partial charge in [0.1, 0.15) is 12.4 Å². The maximum atomic E-state index is 11.6. The van der Waals surface area contributed by atoms with Crippen molar-refractivity contribution in [2.45, 2.75) is 25.9 Å². The molecule has 0 bridgehead atoms. The van der Waals surface area contributed by atoms with Crippen LogP contribution in [0.15, 0.2) is 41.9 Å². The van der Waals surface area contributed by atoms with Crippen molar-refractivity contribution in [2.75, 3.05) is 24.7 Å². The third-order valence-electron chi connectivity index (χ3n) is 3.65. The van der Waals surface area contributed by atoms with Crippen LogP contribution in [0.1, 0.15) is 18.9 Å². The Kier molecular flexibility index (Phi) is 6.66. The molecule has 1 aromatic rings. The van der Waals surface area contributed by atoms with Crippen molar-refractivity contribution in [1.82, 2.24) is 10.6 Å². The zero-order valence-electron chi connectivity index (χ0n) is 14.0. The molecule has 0 spiro atoms. The van der Waals surface area contributed by atoms with Crippen molar-refractivity contribution in [3.8, 4) is 5.75 Å². The molecule has 1 aromatic carbocycles. The Balaban J connectivity index is 2.04. The van der Waals surface area contributed by atoms with Crippen molar-refractivity contribution < 1.29 is 13.2 Å². The number of nitrogens with one attached hydrogen (secondary N) is 2. The van der Waals surface area contributed by atoms with Gasteiger partial charge in [-0.15, -0.1) is 0 Å². The second kappa shape index (κ2) is 8.73. The SMILES string of the molecule is C=CCOc1ccccc1CN=C(NCC)NC1CCS(=O)(=O)C1. The zero-order valence-corrected chi connectivity index (χ0v) is 14.8. The molecule has 6 nitrogen and oxygen atoms in total. The van der Waals surface area contributed by atoms with Gasteiger partial charge >= 0.3 is 0 Å². The van der Waals surface area contributed by atoms with E-state index in [4.69, 9.17) is 4.74 Å². The van der Waals surface area contributed by atoms with E-state index in [-0.39, 0.29) is 17.5 Å². The number of sulfone groups is 1. The van der Waals surface area contributed by atoms with Gasteiger partial charge in [0.05, 0.1) is 18.1 Å². The molecule has 1 aliphatic heterocycles. The first-order chi connectivity index (χ1) is 11.5. The van der Waals surface area contributed by atoms with Crippen molar-refractivity contribution in [3.63, 3.8) is 0 Å². The number of para-hydroxylation sites is 1. The van der Waals surface area contributed by atoms with Crippen LogP contribution in [0.5, 0.6) is 5.75 Å². The van der Waals surface area contributed by atoms with Gasteiger partial charge in [-0.1, -0.05) is 30.9 Å². The van der Waals surface area contributed by atoms with E-state index >= 15 is 0 Å². The Morgan fingerprint density at radius 2 is 2.25 bits per heavy atom. The molecule has 0 aromatic heterocycles. The highest BCUT2D eigenvalue weighted by molar-refractivity contribution is 7.91. The van der Waals surface area contributed by atoms with Gasteiger partial charge in [-0.25, -0.2) is 13.4 Å². The van der Waals surface area contributed by atoms with Crippen molar-refractivity contribution in [2.24, 2.45) is 4.99 Å². The van der Waals surface area contributed by atoms with Crippen LogP contribution in [0.4, 0.5) is 0 Å². The summed E-state index contributed by atoms with van der Waals surface area (Å²) in [7, 11) is -2.91. The van der Waals surface area contributed by atoms with E-state index < -0.39 is 9.84 Å². The number of hydrogen-bond acceptors (Lipinski definition) is 4. The van der Waals surface area contributed by atoms with Gasteiger partial charge in [0.15, 0.2) is 15.8 Å². The normalized spacial score (nSPS) is 19.7. The number of hydrogen-bond donors (Lipinski definition) is 2. The molecule has 1 heterocycles. The molecule has 2 N–H and O–H groups in total. The molecule has 7 heteroatoms. The monoisotopic (exact) mass is 351 g/mol. The number of aliphatic imine (C=N–C) groups is 1. The third kappa shape index (κ3) is 5.56. The van der Waals surface area contributed by atoms with Crippen LogP contribution < -0.4 is 15.4 Å². The number of ether oxygens (including phenoxy) is 1. The lowest BCUT2D eigenvalue weighted by Gasteiger charge is -2.16. The molecule has 132 valence electrons. The molecule has 0 amide bonds. The van der Waals surface area contributed by atoms with Crippen LogP contribution in [0, 0.1) is 0 Å². The summed E-state index contributed by atoms with van der Waals surface area (Å²) in [6, 6.07) is 7.64. The Morgan fingerprint density at radius 1 is 1.46 bits per heavy atom. The van der Waals surface area contributed by atoms with E-state index in [9.17, 15) is 8.42 Å². The summed E-state index contributed by atoms with van der Waals surface area (Å²) < 4.78 is 28.8. The van der Waals surface area contributed by atoms with Crippen molar-refractivity contribution >= 4 is 15.8 Å². The highest BCUT2D eigenvalue weighted by atomic mass is 32.2. The molecular formula is C17H25N3O3S. The molecule has 2 rings (SSSR count). The number of rotatable bonds is 7. The molecule has 0 radical (unpaired) electrons. The average molecular weight is 351 g/mol. The first kappa shape index (κ1) is 18.3. The van der Waals surface area contributed by atoms with Crippen LogP contribution in [0.2, 0.25) is 0 Å². The summed E-state index contributed by atoms with van der Waals surface area (Å²) in [5.74, 6) is 1.80. The van der Waals surface area contributed by atoms with E-state index in [1.807, 2.05) is 31.2 Å².